The van der Waals surface area contributed by atoms with Gasteiger partial charge in [-0.05, 0) is 127 Å². The van der Waals surface area contributed by atoms with Crippen molar-refractivity contribution in [3.8, 4) is 63.1 Å². The average molecular weight is 1730 g/mol. The number of fused-ring (bicyclic) bond motifs is 42. The third kappa shape index (κ3) is 10.9. The number of benzene rings is 17. The fraction of sp³-hybridized carbons (Fsp3) is 0. The zero-order valence-electron chi connectivity index (χ0n) is 71.3. The summed E-state index contributed by atoms with van der Waals surface area (Å²) in [7, 11) is 0. The summed E-state index contributed by atoms with van der Waals surface area (Å²) in [4.78, 5) is 44.9. The first-order valence-corrected chi connectivity index (χ1v) is 44.7. The van der Waals surface area contributed by atoms with Gasteiger partial charge in [0.2, 0.25) is 17.6 Å². The van der Waals surface area contributed by atoms with Crippen molar-refractivity contribution >= 4 is 230 Å². The van der Waals surface area contributed by atoms with Gasteiger partial charge in [-0.25, -0.2) is 15.0 Å². The van der Waals surface area contributed by atoms with Crippen LogP contribution in [0.15, 0.2) is 415 Å². The predicted octanol–water partition coefficient (Wildman–Crippen LogP) is 30.4. The Morgan fingerprint density at radius 2 is 0.519 bits per heavy atom. The molecule has 0 bridgehead atoms. The fourth-order valence-electron chi connectivity index (χ4n) is 21.1. The van der Waals surface area contributed by atoms with Gasteiger partial charge in [-0.15, -0.1) is 0 Å². The molecule has 18 heteroatoms. The molecule has 135 heavy (non-hydrogen) atoms. The molecular formula is C117H64N12O6. The lowest BCUT2D eigenvalue weighted by atomic mass is 9.95. The van der Waals surface area contributed by atoms with Crippen molar-refractivity contribution in [2.75, 3.05) is 0 Å². The van der Waals surface area contributed by atoms with Gasteiger partial charge in [-0.3, -0.25) is 19.1 Å². The topological polar surface area (TPSA) is 210 Å². The van der Waals surface area contributed by atoms with E-state index in [0.717, 1.165) is 225 Å². The van der Waals surface area contributed by atoms with Crippen LogP contribution < -0.4 is 0 Å². The third-order valence-electron chi connectivity index (χ3n) is 26.6. The van der Waals surface area contributed by atoms with E-state index in [1.807, 2.05) is 206 Å². The van der Waals surface area contributed by atoms with Crippen LogP contribution in [-0.4, -0.2) is 58.6 Å². The summed E-state index contributed by atoms with van der Waals surface area (Å²) >= 11 is 0. The molecule has 0 N–H and O–H groups in total. The molecular weight excluding hydrogens is 1670 g/mol. The maximum atomic E-state index is 6.84. The lowest BCUT2D eigenvalue weighted by Gasteiger charge is -2.12. The average Bonchev–Trinajstić information content (AvgIpc) is 1.53. The Kier molecular flexibility index (Phi) is 15.8. The van der Waals surface area contributed by atoms with E-state index >= 15 is 0 Å². The molecule has 0 fully saturated rings. The minimum atomic E-state index is 0.504. The molecule has 0 radical (unpaired) electrons. The largest absolute Gasteiger partial charge is 0.456 e. The van der Waals surface area contributed by atoms with Crippen molar-refractivity contribution in [1.29, 1.82) is 0 Å². The molecule has 628 valence electrons. The fourth-order valence-corrected chi connectivity index (χ4v) is 21.1. The van der Waals surface area contributed by atoms with Crippen molar-refractivity contribution in [2.45, 2.75) is 0 Å². The van der Waals surface area contributed by atoms with Crippen LogP contribution >= 0.6 is 0 Å². The number of furan rings is 6. The van der Waals surface area contributed by atoms with Crippen LogP contribution in [0.4, 0.5) is 0 Å². The molecule has 17 aromatic carbocycles. The second-order valence-electron chi connectivity index (χ2n) is 33.9. The number of hydrogen-bond donors (Lipinski definition) is 0. The summed E-state index contributed by atoms with van der Waals surface area (Å²) in [6.45, 7) is 0. The number of aromatic nitrogens is 12. The second kappa shape index (κ2) is 28.8. The van der Waals surface area contributed by atoms with Gasteiger partial charge in [-0.1, -0.05) is 249 Å². The molecule has 0 aliphatic rings. The van der Waals surface area contributed by atoms with Gasteiger partial charge in [0, 0.05) is 138 Å². The molecule has 31 aromatic rings. The standard InChI is InChI=1S/C42H23N5O2.C41H22N6O2.C34H19NO2/c1-3-12-24(13-4-1)39-44-40(25-14-5-2-6-15-25)46-42(45-39)47-30-19-9-7-16-26(30)36-37(47)28-21-22-32-33(29-18-11-23-43-41(29)49-32)34(28)35-27-17-8-10-20-31(27)48-38(35)36;1-3-11-23(12-4-1)39-44-40(24-13-5-2-6-14-24)46-41(45-39)47-27-16-8-7-15-25(27)32-37(47)26-19-20-28-33(35-29(48-28)17-9-21-42-35)31(26)34-36-30(49-38(32)34)18-10-22-43-36;1-2-10-20(11-3-1)35-25-15-7-4-12-21(25)29-24-18-19-28-30(22-13-5-8-16-26(22)36-28)31(24)32-23-14-6-9-17-27(23)37-34(32)33(29)35/h1-23H;1-22H;1-19H. The first-order chi connectivity index (χ1) is 67.0. The third-order valence-corrected chi connectivity index (χ3v) is 26.6. The number of hydrogen-bond acceptors (Lipinski definition) is 15. The molecule has 0 amide bonds. The lowest BCUT2D eigenvalue weighted by Crippen LogP contribution is -2.06. The van der Waals surface area contributed by atoms with E-state index in [1.165, 1.54) is 21.5 Å². The quantitative estimate of drug-likeness (QED) is 0.145. The van der Waals surface area contributed by atoms with E-state index in [0.29, 0.717) is 46.5 Å². The van der Waals surface area contributed by atoms with Crippen LogP contribution in [0.5, 0.6) is 0 Å². The Hall–Kier alpha value is -18.8. The van der Waals surface area contributed by atoms with Gasteiger partial charge >= 0.3 is 0 Å². The van der Waals surface area contributed by atoms with Gasteiger partial charge < -0.3 is 31.1 Å². The Bertz CT molecular complexity index is 9890. The smallest absolute Gasteiger partial charge is 0.238 e. The van der Waals surface area contributed by atoms with E-state index in [-0.39, 0.29) is 0 Å². The summed E-state index contributed by atoms with van der Waals surface area (Å²) in [6, 6.07) is 126. The highest BCUT2D eigenvalue weighted by Gasteiger charge is 2.33. The monoisotopic (exact) mass is 1730 g/mol. The molecule has 0 aliphatic carbocycles. The SMILES string of the molecule is c1ccc(-c2nc(-c3ccccc3)nc(-n3c4ccccc4c4c5oc6ccccc6c5c5c(ccc6oc7ncccc7c65)c43)n2)cc1.c1ccc(-c2nc(-c3ccccc3)nc(-n3c4ccccc4c4c5oc6cccnc6c5c5c(ccc6oc7cccnc7c65)c43)n2)cc1.c1ccc(-n2c3ccccc3c3c4ccc5oc6ccccc6c5c4c4c5ccccc5oc4c32)cc1. The molecule has 0 aliphatic heterocycles. The van der Waals surface area contributed by atoms with Crippen molar-refractivity contribution in [1.82, 2.24) is 58.6 Å². The zero-order valence-corrected chi connectivity index (χ0v) is 71.3. The summed E-state index contributed by atoms with van der Waals surface area (Å²) in [5.74, 6) is 3.39. The van der Waals surface area contributed by atoms with Crippen LogP contribution in [-0.2, 0) is 0 Å². The van der Waals surface area contributed by atoms with E-state index in [1.54, 1.807) is 12.4 Å². The van der Waals surface area contributed by atoms with Gasteiger partial charge in [-0.2, -0.15) is 19.9 Å². The van der Waals surface area contributed by atoms with Crippen molar-refractivity contribution in [2.24, 2.45) is 0 Å². The maximum Gasteiger partial charge on any atom is 0.238 e. The van der Waals surface area contributed by atoms with Crippen LogP contribution in [0, 0.1) is 0 Å². The first-order valence-electron chi connectivity index (χ1n) is 44.7. The molecule has 31 rings (SSSR count). The van der Waals surface area contributed by atoms with Crippen LogP contribution in [0.1, 0.15) is 0 Å². The molecule has 0 unspecified atom stereocenters. The molecule has 0 spiro atoms. The normalized spacial score (nSPS) is 12.1. The highest BCUT2D eigenvalue weighted by Crippen LogP contribution is 2.54. The number of nitrogens with zero attached hydrogens (tertiary/aromatic N) is 12. The van der Waals surface area contributed by atoms with Gasteiger partial charge in [0.1, 0.15) is 55.7 Å². The zero-order chi connectivity index (χ0) is 88.2. The van der Waals surface area contributed by atoms with E-state index in [4.69, 9.17) is 66.4 Å². The minimum Gasteiger partial charge on any atom is -0.456 e. The molecule has 0 saturated carbocycles. The number of rotatable bonds is 7. The Labute approximate surface area is 761 Å². The summed E-state index contributed by atoms with van der Waals surface area (Å²) in [5, 5.41) is 23.2. The lowest BCUT2D eigenvalue weighted by molar-refractivity contribution is 0.654. The first kappa shape index (κ1) is 74.2. The molecule has 14 aromatic heterocycles. The molecule has 14 heterocycles. The maximum absolute atomic E-state index is 6.84. The van der Waals surface area contributed by atoms with E-state index < -0.39 is 0 Å². The highest BCUT2D eigenvalue weighted by atomic mass is 16.4. The summed E-state index contributed by atoms with van der Waals surface area (Å²) in [5.41, 5.74) is 21.9. The van der Waals surface area contributed by atoms with Crippen molar-refractivity contribution in [3.05, 3.63) is 389 Å². The van der Waals surface area contributed by atoms with E-state index in [9.17, 15) is 0 Å². The molecule has 0 saturated heterocycles. The highest BCUT2D eigenvalue weighted by molar-refractivity contribution is 6.44. The van der Waals surface area contributed by atoms with Crippen LogP contribution in [0.25, 0.3) is 293 Å². The Morgan fingerprint density at radius 1 is 0.178 bits per heavy atom. The van der Waals surface area contributed by atoms with E-state index in [2.05, 4.69) is 189 Å². The van der Waals surface area contributed by atoms with Crippen molar-refractivity contribution < 1.29 is 26.5 Å². The molecule has 18 nitrogen and oxygen atoms in total. The second-order valence-corrected chi connectivity index (χ2v) is 33.9. The summed E-state index contributed by atoms with van der Waals surface area (Å²) in [6.07, 6.45) is 5.38. The van der Waals surface area contributed by atoms with Crippen LogP contribution in [0.3, 0.4) is 0 Å². The van der Waals surface area contributed by atoms with Gasteiger partial charge in [0.15, 0.2) is 40.0 Å². The van der Waals surface area contributed by atoms with Crippen LogP contribution in [0.2, 0.25) is 0 Å². The van der Waals surface area contributed by atoms with Crippen molar-refractivity contribution in [3.63, 3.8) is 0 Å². The molecule has 0 atom stereocenters. The van der Waals surface area contributed by atoms with Gasteiger partial charge in [0.05, 0.1) is 54.6 Å². The van der Waals surface area contributed by atoms with Gasteiger partial charge in [0.25, 0.3) is 0 Å². The number of para-hydroxylation sites is 7. The summed E-state index contributed by atoms with van der Waals surface area (Å²) < 4.78 is 46.1. The Morgan fingerprint density at radius 3 is 1.05 bits per heavy atom. The minimum absolute atomic E-state index is 0.504. The number of pyridine rings is 3. The Balaban J connectivity index is 0.0000000995. The predicted molar refractivity (Wildman–Crippen MR) is 540 cm³/mol.